The van der Waals surface area contributed by atoms with E-state index in [1.807, 2.05) is 11.5 Å². The van der Waals surface area contributed by atoms with Crippen molar-refractivity contribution < 1.29 is 8.42 Å². The SMILES string of the molecule is CCN1CCCC(NS(=O)(=O)c2cc(CN)n(CC)c2)C1. The Morgan fingerprint density at radius 3 is 2.71 bits per heavy atom. The lowest BCUT2D eigenvalue weighted by molar-refractivity contribution is 0.211. The van der Waals surface area contributed by atoms with Crippen molar-refractivity contribution in [3.63, 3.8) is 0 Å². The van der Waals surface area contributed by atoms with Gasteiger partial charge in [0.25, 0.3) is 0 Å². The summed E-state index contributed by atoms with van der Waals surface area (Å²) < 4.78 is 29.7. The molecule has 7 heteroatoms. The fourth-order valence-corrected chi connectivity index (χ4v) is 4.19. The van der Waals surface area contributed by atoms with Crippen LogP contribution < -0.4 is 10.5 Å². The van der Waals surface area contributed by atoms with E-state index in [9.17, 15) is 8.42 Å². The van der Waals surface area contributed by atoms with Crippen LogP contribution in [0.2, 0.25) is 0 Å². The molecule has 1 aliphatic rings. The van der Waals surface area contributed by atoms with Gasteiger partial charge < -0.3 is 15.2 Å². The Hall–Kier alpha value is -0.890. The van der Waals surface area contributed by atoms with Crippen LogP contribution in [0.4, 0.5) is 0 Å². The molecular formula is C14H26N4O2S. The maximum atomic E-state index is 12.5. The zero-order chi connectivity index (χ0) is 15.5. The second-order valence-electron chi connectivity index (χ2n) is 5.51. The van der Waals surface area contributed by atoms with E-state index in [-0.39, 0.29) is 6.04 Å². The summed E-state index contributed by atoms with van der Waals surface area (Å²) in [6.07, 6.45) is 3.60. The highest BCUT2D eigenvalue weighted by molar-refractivity contribution is 7.89. The van der Waals surface area contributed by atoms with Crippen LogP contribution in [0.5, 0.6) is 0 Å². The highest BCUT2D eigenvalue weighted by Crippen LogP contribution is 2.17. The first-order valence-electron chi connectivity index (χ1n) is 7.64. The number of nitrogens with two attached hydrogens (primary N) is 1. The summed E-state index contributed by atoms with van der Waals surface area (Å²) in [6, 6.07) is 1.67. The third kappa shape index (κ3) is 3.85. The van der Waals surface area contributed by atoms with E-state index in [1.54, 1.807) is 12.3 Å². The first kappa shape index (κ1) is 16.5. The Labute approximate surface area is 127 Å². The van der Waals surface area contributed by atoms with Gasteiger partial charge in [0.2, 0.25) is 10.0 Å². The monoisotopic (exact) mass is 314 g/mol. The lowest BCUT2D eigenvalue weighted by Crippen LogP contribution is -2.47. The normalized spacial score (nSPS) is 20.8. The van der Waals surface area contributed by atoms with Gasteiger partial charge in [-0.05, 0) is 38.9 Å². The molecule has 1 aromatic heterocycles. The Balaban J connectivity index is 2.12. The van der Waals surface area contributed by atoms with E-state index in [2.05, 4.69) is 16.5 Å². The molecule has 1 aromatic rings. The average Bonchev–Trinajstić information content (AvgIpc) is 2.91. The quantitative estimate of drug-likeness (QED) is 0.811. The Morgan fingerprint density at radius 2 is 2.14 bits per heavy atom. The minimum absolute atomic E-state index is 0.00463. The van der Waals surface area contributed by atoms with Crippen LogP contribution in [0.1, 0.15) is 32.4 Å². The number of hydrogen-bond donors (Lipinski definition) is 2. The summed E-state index contributed by atoms with van der Waals surface area (Å²) in [5.74, 6) is 0. The lowest BCUT2D eigenvalue weighted by Gasteiger charge is -2.31. The molecule has 0 aromatic carbocycles. The molecule has 1 aliphatic heterocycles. The number of nitrogens with one attached hydrogen (secondary N) is 1. The topological polar surface area (TPSA) is 80.4 Å². The van der Waals surface area contributed by atoms with Gasteiger partial charge in [0.15, 0.2) is 0 Å². The highest BCUT2D eigenvalue weighted by atomic mass is 32.2. The number of piperidine rings is 1. The van der Waals surface area contributed by atoms with Crippen LogP contribution in [0.15, 0.2) is 17.2 Å². The molecule has 6 nitrogen and oxygen atoms in total. The minimum atomic E-state index is -3.47. The first-order valence-corrected chi connectivity index (χ1v) is 9.12. The van der Waals surface area contributed by atoms with Crippen molar-refractivity contribution >= 4 is 10.0 Å². The van der Waals surface area contributed by atoms with Gasteiger partial charge in [-0.3, -0.25) is 0 Å². The summed E-state index contributed by atoms with van der Waals surface area (Å²) in [4.78, 5) is 2.59. The van der Waals surface area contributed by atoms with Gasteiger partial charge >= 0.3 is 0 Å². The smallest absolute Gasteiger partial charge is 0.242 e. The van der Waals surface area contributed by atoms with E-state index in [0.29, 0.717) is 11.4 Å². The number of aromatic nitrogens is 1. The van der Waals surface area contributed by atoms with Crippen molar-refractivity contribution in [1.29, 1.82) is 0 Å². The van der Waals surface area contributed by atoms with Crippen molar-refractivity contribution in [3.05, 3.63) is 18.0 Å². The highest BCUT2D eigenvalue weighted by Gasteiger charge is 2.25. The molecular weight excluding hydrogens is 288 g/mol. The standard InChI is InChI=1S/C14H26N4O2S/c1-3-17-7-5-6-12(10-17)16-21(19,20)14-8-13(9-15)18(4-2)11-14/h8,11-12,16H,3-7,9-10,15H2,1-2H3. The average molecular weight is 314 g/mol. The van der Waals surface area contributed by atoms with Gasteiger partial charge in [-0.1, -0.05) is 6.92 Å². The Morgan fingerprint density at radius 1 is 1.38 bits per heavy atom. The summed E-state index contributed by atoms with van der Waals surface area (Å²) in [6.45, 7) is 7.94. The van der Waals surface area contributed by atoms with E-state index >= 15 is 0 Å². The third-order valence-electron chi connectivity index (χ3n) is 4.10. The molecule has 2 rings (SSSR count). The number of sulfonamides is 1. The minimum Gasteiger partial charge on any atom is -0.349 e. The van der Waals surface area contributed by atoms with E-state index in [1.165, 1.54) is 0 Å². The predicted molar refractivity (Wildman–Crippen MR) is 83.5 cm³/mol. The van der Waals surface area contributed by atoms with Crippen molar-refractivity contribution in [3.8, 4) is 0 Å². The van der Waals surface area contributed by atoms with Gasteiger partial charge in [-0.25, -0.2) is 13.1 Å². The molecule has 0 aliphatic carbocycles. The summed E-state index contributed by atoms with van der Waals surface area (Å²) in [5.41, 5.74) is 6.50. The number of likely N-dealkylation sites (tertiary alicyclic amines) is 1. The molecule has 1 unspecified atom stereocenters. The van der Waals surface area contributed by atoms with Gasteiger partial charge in [-0.15, -0.1) is 0 Å². The summed E-state index contributed by atoms with van der Waals surface area (Å²) in [7, 11) is -3.47. The number of rotatable bonds is 6. The van der Waals surface area contributed by atoms with E-state index in [0.717, 1.165) is 44.7 Å². The van der Waals surface area contributed by atoms with Crippen molar-refractivity contribution in [2.24, 2.45) is 5.73 Å². The molecule has 1 atom stereocenters. The number of hydrogen-bond acceptors (Lipinski definition) is 4. The molecule has 0 bridgehead atoms. The first-order chi connectivity index (χ1) is 10.00. The molecule has 120 valence electrons. The molecule has 0 saturated carbocycles. The third-order valence-corrected chi connectivity index (χ3v) is 5.58. The van der Waals surface area contributed by atoms with Gasteiger partial charge in [0.05, 0.1) is 4.90 Å². The molecule has 21 heavy (non-hydrogen) atoms. The van der Waals surface area contributed by atoms with Gasteiger partial charge in [-0.2, -0.15) is 0 Å². The van der Waals surface area contributed by atoms with Gasteiger partial charge in [0, 0.05) is 37.6 Å². The Kier molecular flexibility index (Phi) is 5.43. The Bertz CT molecular complexity index is 546. The molecule has 3 N–H and O–H groups in total. The largest absolute Gasteiger partial charge is 0.349 e. The lowest BCUT2D eigenvalue weighted by atomic mass is 10.1. The molecule has 1 saturated heterocycles. The molecule has 0 amide bonds. The molecule has 0 radical (unpaired) electrons. The molecule has 2 heterocycles. The van der Waals surface area contributed by atoms with E-state index in [4.69, 9.17) is 5.73 Å². The van der Waals surface area contributed by atoms with Crippen molar-refractivity contribution in [1.82, 2.24) is 14.2 Å². The number of likely N-dealkylation sites (N-methyl/N-ethyl adjacent to an activating group) is 1. The van der Waals surface area contributed by atoms with Crippen molar-refractivity contribution in [2.45, 2.75) is 50.7 Å². The second-order valence-corrected chi connectivity index (χ2v) is 7.22. The van der Waals surface area contributed by atoms with Crippen LogP contribution in [0.25, 0.3) is 0 Å². The zero-order valence-corrected chi connectivity index (χ0v) is 13.7. The zero-order valence-electron chi connectivity index (χ0n) is 12.9. The summed E-state index contributed by atoms with van der Waals surface area (Å²) >= 11 is 0. The van der Waals surface area contributed by atoms with Crippen LogP contribution in [0.3, 0.4) is 0 Å². The maximum Gasteiger partial charge on any atom is 0.242 e. The summed E-state index contributed by atoms with van der Waals surface area (Å²) in [5, 5.41) is 0. The maximum absolute atomic E-state index is 12.5. The fraction of sp³-hybridized carbons (Fsp3) is 0.714. The van der Waals surface area contributed by atoms with E-state index < -0.39 is 10.0 Å². The van der Waals surface area contributed by atoms with Crippen LogP contribution >= 0.6 is 0 Å². The molecule has 1 fully saturated rings. The van der Waals surface area contributed by atoms with Crippen LogP contribution in [0, 0.1) is 0 Å². The fourth-order valence-electron chi connectivity index (χ4n) is 2.86. The van der Waals surface area contributed by atoms with Crippen molar-refractivity contribution in [2.75, 3.05) is 19.6 Å². The van der Waals surface area contributed by atoms with Gasteiger partial charge in [0.1, 0.15) is 0 Å². The molecule has 0 spiro atoms. The number of nitrogens with zero attached hydrogens (tertiary/aromatic N) is 2. The predicted octanol–water partition coefficient (Wildman–Crippen LogP) is 0.729. The van der Waals surface area contributed by atoms with Crippen LogP contribution in [-0.2, 0) is 23.1 Å². The van der Waals surface area contributed by atoms with Crippen LogP contribution in [-0.4, -0.2) is 43.6 Å². The number of aryl methyl sites for hydroxylation is 1. The second kappa shape index (κ2) is 6.91.